The van der Waals surface area contributed by atoms with Gasteiger partial charge in [0.05, 0.1) is 11.3 Å². The molecule has 3 aromatic rings. The monoisotopic (exact) mass is 295 g/mol. The minimum atomic E-state index is -0.323. The number of hydrogen-bond acceptors (Lipinski definition) is 3. The van der Waals surface area contributed by atoms with E-state index in [4.69, 9.17) is 12.6 Å². The van der Waals surface area contributed by atoms with Crippen molar-refractivity contribution in [2.45, 2.75) is 17.7 Å². The van der Waals surface area contributed by atoms with Crippen LogP contribution in [0.15, 0.2) is 73.3 Å². The average Bonchev–Trinajstić information content (AvgIpc) is 3.02. The van der Waals surface area contributed by atoms with Crippen LogP contribution in [0.3, 0.4) is 0 Å². The fourth-order valence-electron chi connectivity index (χ4n) is 2.51. The molecule has 0 bridgehead atoms. The average molecular weight is 295 g/mol. The third-order valence-corrected chi connectivity index (χ3v) is 4.10. The molecule has 0 radical (unpaired) electrons. The van der Waals surface area contributed by atoms with E-state index in [9.17, 15) is 0 Å². The van der Waals surface area contributed by atoms with E-state index in [0.29, 0.717) is 6.54 Å². The van der Waals surface area contributed by atoms with Crippen LogP contribution in [0, 0.1) is 0 Å². The van der Waals surface area contributed by atoms with Gasteiger partial charge in [0, 0.05) is 0 Å². The Kier molecular flexibility index (Phi) is 4.06. The van der Waals surface area contributed by atoms with E-state index < -0.39 is 0 Å². The lowest BCUT2D eigenvalue weighted by Crippen LogP contribution is -2.28. The summed E-state index contributed by atoms with van der Waals surface area (Å²) in [5, 5.41) is 4.23. The molecule has 0 saturated heterocycles. The predicted molar refractivity (Wildman–Crippen MR) is 87.3 cm³/mol. The van der Waals surface area contributed by atoms with Crippen molar-refractivity contribution < 1.29 is 0 Å². The Balaban J connectivity index is 1.94. The van der Waals surface area contributed by atoms with E-state index in [1.807, 2.05) is 28.9 Å². The maximum Gasteiger partial charge on any atom is 0.137 e. The van der Waals surface area contributed by atoms with E-state index in [1.54, 1.807) is 12.7 Å². The van der Waals surface area contributed by atoms with Crippen LogP contribution in [-0.2, 0) is 17.7 Å². The lowest BCUT2D eigenvalue weighted by molar-refractivity contribution is 0.475. The Labute approximate surface area is 130 Å². The number of aromatic nitrogens is 3. The first-order valence-corrected chi connectivity index (χ1v) is 7.35. The molecule has 106 valence electrons. The highest BCUT2D eigenvalue weighted by atomic mass is 32.1. The molecule has 0 N–H and O–H groups in total. The normalized spacial score (nSPS) is 13.8. The third-order valence-electron chi connectivity index (χ3n) is 3.54. The summed E-state index contributed by atoms with van der Waals surface area (Å²) < 4.78 is 1.51. The van der Waals surface area contributed by atoms with Gasteiger partial charge in [0.25, 0.3) is 0 Å². The summed E-state index contributed by atoms with van der Waals surface area (Å²) in [5.74, 6) is 0. The summed E-state index contributed by atoms with van der Waals surface area (Å²) in [7, 11) is 0. The fourth-order valence-corrected chi connectivity index (χ4v) is 2.99. The first-order valence-electron chi connectivity index (χ1n) is 6.90. The number of thiol groups is 1. The van der Waals surface area contributed by atoms with Crippen LogP contribution in [0.2, 0.25) is 0 Å². The summed E-state index contributed by atoms with van der Waals surface area (Å²) >= 11 is 5.02. The Morgan fingerprint density at radius 2 is 1.62 bits per heavy atom. The van der Waals surface area contributed by atoms with Gasteiger partial charge in [-0.1, -0.05) is 60.7 Å². The number of rotatable bonds is 5. The molecule has 0 saturated carbocycles. The standard InChI is InChI=1S/C17H17N3S/c21-17(12-20-14-18-13-19-20,16-9-5-2-6-10-16)11-15-7-3-1-4-8-15/h1-10,13-14,21H,11-12H2. The molecule has 4 heteroatoms. The van der Waals surface area contributed by atoms with Gasteiger partial charge in [0.15, 0.2) is 0 Å². The second kappa shape index (κ2) is 6.14. The lowest BCUT2D eigenvalue weighted by Gasteiger charge is -2.29. The van der Waals surface area contributed by atoms with Crippen molar-refractivity contribution in [1.82, 2.24) is 14.8 Å². The Hall–Kier alpha value is -2.07. The van der Waals surface area contributed by atoms with Gasteiger partial charge in [-0.05, 0) is 17.5 Å². The highest BCUT2D eigenvalue weighted by molar-refractivity contribution is 7.81. The van der Waals surface area contributed by atoms with Crippen LogP contribution in [0.4, 0.5) is 0 Å². The summed E-state index contributed by atoms with van der Waals surface area (Å²) in [6.07, 6.45) is 4.13. The molecule has 0 aliphatic rings. The largest absolute Gasteiger partial charge is 0.251 e. The molecule has 0 fully saturated rings. The first-order chi connectivity index (χ1) is 10.3. The molecule has 0 spiro atoms. The quantitative estimate of drug-likeness (QED) is 0.732. The van der Waals surface area contributed by atoms with E-state index in [2.05, 4.69) is 46.5 Å². The second-order valence-corrected chi connectivity index (χ2v) is 6.01. The molecule has 1 unspecified atom stereocenters. The number of benzene rings is 2. The molecule has 2 aromatic carbocycles. The molecule has 0 aliphatic heterocycles. The molecule has 1 heterocycles. The van der Waals surface area contributed by atoms with Crippen LogP contribution in [0.1, 0.15) is 11.1 Å². The topological polar surface area (TPSA) is 30.7 Å². The van der Waals surface area contributed by atoms with Gasteiger partial charge >= 0.3 is 0 Å². The minimum Gasteiger partial charge on any atom is -0.251 e. The SMILES string of the molecule is SC(Cc1ccccc1)(Cn1cncn1)c1ccccc1. The predicted octanol–water partition coefficient (Wildman–Crippen LogP) is 3.35. The summed E-state index contributed by atoms with van der Waals surface area (Å²) in [6, 6.07) is 20.8. The van der Waals surface area contributed by atoms with Crippen LogP contribution >= 0.6 is 12.6 Å². The Morgan fingerprint density at radius 1 is 0.952 bits per heavy atom. The molecular weight excluding hydrogens is 278 g/mol. The summed E-state index contributed by atoms with van der Waals surface area (Å²) in [6.45, 7) is 0.676. The van der Waals surface area contributed by atoms with Crippen molar-refractivity contribution in [3.05, 3.63) is 84.4 Å². The van der Waals surface area contributed by atoms with Gasteiger partial charge in [-0.15, -0.1) is 0 Å². The van der Waals surface area contributed by atoms with Crippen molar-refractivity contribution in [2.24, 2.45) is 0 Å². The number of hydrogen-bond donors (Lipinski definition) is 1. The molecule has 3 rings (SSSR count). The minimum absolute atomic E-state index is 0.323. The molecule has 21 heavy (non-hydrogen) atoms. The maximum absolute atomic E-state index is 5.02. The fraction of sp³-hybridized carbons (Fsp3) is 0.176. The third kappa shape index (κ3) is 3.34. The van der Waals surface area contributed by atoms with Gasteiger partial charge in [-0.2, -0.15) is 17.7 Å². The molecule has 3 nitrogen and oxygen atoms in total. The van der Waals surface area contributed by atoms with Gasteiger partial charge in [-0.3, -0.25) is 4.68 Å². The molecule has 0 aliphatic carbocycles. The van der Waals surface area contributed by atoms with Crippen molar-refractivity contribution in [2.75, 3.05) is 0 Å². The van der Waals surface area contributed by atoms with Gasteiger partial charge in [0.1, 0.15) is 12.7 Å². The summed E-state index contributed by atoms with van der Waals surface area (Å²) in [4.78, 5) is 4.02. The van der Waals surface area contributed by atoms with E-state index in [0.717, 1.165) is 6.42 Å². The smallest absolute Gasteiger partial charge is 0.137 e. The van der Waals surface area contributed by atoms with Crippen LogP contribution < -0.4 is 0 Å². The Morgan fingerprint density at radius 3 is 2.24 bits per heavy atom. The highest BCUT2D eigenvalue weighted by Gasteiger charge is 2.29. The number of nitrogens with zero attached hydrogens (tertiary/aromatic N) is 3. The van der Waals surface area contributed by atoms with E-state index >= 15 is 0 Å². The van der Waals surface area contributed by atoms with Gasteiger partial charge in [-0.25, -0.2) is 4.98 Å². The summed E-state index contributed by atoms with van der Waals surface area (Å²) in [5.41, 5.74) is 2.45. The Bertz CT molecular complexity index is 668. The van der Waals surface area contributed by atoms with Crippen molar-refractivity contribution in [1.29, 1.82) is 0 Å². The van der Waals surface area contributed by atoms with E-state index in [1.165, 1.54) is 11.1 Å². The lowest BCUT2D eigenvalue weighted by atomic mass is 9.91. The second-order valence-electron chi connectivity index (χ2n) is 5.15. The van der Waals surface area contributed by atoms with Crippen LogP contribution in [0.25, 0.3) is 0 Å². The van der Waals surface area contributed by atoms with Gasteiger partial charge in [0.2, 0.25) is 0 Å². The first kappa shape index (κ1) is 13.9. The molecule has 1 aromatic heterocycles. The van der Waals surface area contributed by atoms with Crippen LogP contribution in [0.5, 0.6) is 0 Å². The molecular formula is C17H17N3S. The molecule has 0 amide bonds. The van der Waals surface area contributed by atoms with Crippen LogP contribution in [-0.4, -0.2) is 14.8 Å². The van der Waals surface area contributed by atoms with Crippen molar-refractivity contribution in [3.63, 3.8) is 0 Å². The van der Waals surface area contributed by atoms with E-state index in [-0.39, 0.29) is 4.75 Å². The van der Waals surface area contributed by atoms with Crippen molar-refractivity contribution >= 4 is 12.6 Å². The van der Waals surface area contributed by atoms with Gasteiger partial charge < -0.3 is 0 Å². The maximum atomic E-state index is 5.02. The highest BCUT2D eigenvalue weighted by Crippen LogP contribution is 2.34. The zero-order valence-corrected chi connectivity index (χ0v) is 12.5. The zero-order chi connectivity index (χ0) is 14.5. The zero-order valence-electron chi connectivity index (χ0n) is 11.6. The van der Waals surface area contributed by atoms with Crippen molar-refractivity contribution in [3.8, 4) is 0 Å². The molecule has 1 atom stereocenters.